The van der Waals surface area contributed by atoms with Crippen molar-refractivity contribution in [2.24, 2.45) is 0 Å². The molecule has 0 atom stereocenters. The Bertz CT molecular complexity index is 508. The van der Waals surface area contributed by atoms with Crippen molar-refractivity contribution in [3.63, 3.8) is 0 Å². The summed E-state index contributed by atoms with van der Waals surface area (Å²) in [6, 6.07) is 6.30. The van der Waals surface area contributed by atoms with E-state index >= 15 is 0 Å². The average molecular weight is 293 g/mol. The van der Waals surface area contributed by atoms with E-state index in [1.165, 1.54) is 11.1 Å². The van der Waals surface area contributed by atoms with Gasteiger partial charge in [-0.3, -0.25) is 0 Å². The number of allylic oxidation sites excluding steroid dienone is 1. The van der Waals surface area contributed by atoms with Crippen molar-refractivity contribution in [2.75, 3.05) is 0 Å². The summed E-state index contributed by atoms with van der Waals surface area (Å²) in [5.74, 6) is 2.09. The molecule has 0 N–H and O–H groups in total. The summed E-state index contributed by atoms with van der Waals surface area (Å²) in [4.78, 5) is 0. The highest BCUT2D eigenvalue weighted by Gasteiger charge is 2.26. The Balaban J connectivity index is 2.28. The molecule has 1 aromatic carbocycles. The molecule has 0 radical (unpaired) electrons. The molecule has 0 unspecified atom stereocenters. The SMILES string of the molecule is C[Si](C)(C)OC1=CCc2c(O[Si](C)(C)C)cccc21. The number of hydrogen-bond acceptors (Lipinski definition) is 2. The van der Waals surface area contributed by atoms with Gasteiger partial charge in [-0.25, -0.2) is 0 Å². The maximum absolute atomic E-state index is 6.18. The van der Waals surface area contributed by atoms with E-state index in [4.69, 9.17) is 8.85 Å². The topological polar surface area (TPSA) is 18.5 Å². The van der Waals surface area contributed by atoms with E-state index < -0.39 is 16.6 Å². The van der Waals surface area contributed by atoms with Crippen LogP contribution in [-0.2, 0) is 10.8 Å². The average Bonchev–Trinajstić information content (AvgIpc) is 2.58. The van der Waals surface area contributed by atoms with Gasteiger partial charge in [0.1, 0.15) is 11.5 Å². The molecule has 0 saturated heterocycles. The zero-order chi connectivity index (χ0) is 14.3. The molecule has 0 bridgehead atoms. The van der Waals surface area contributed by atoms with Crippen LogP contribution in [0.3, 0.4) is 0 Å². The third kappa shape index (κ3) is 3.73. The van der Waals surface area contributed by atoms with Crippen molar-refractivity contribution in [1.82, 2.24) is 0 Å². The minimum Gasteiger partial charge on any atom is -0.544 e. The van der Waals surface area contributed by atoms with Crippen LogP contribution in [0, 0.1) is 0 Å². The molecule has 1 aliphatic rings. The maximum atomic E-state index is 6.18. The minimum absolute atomic E-state index is 0.926. The molecule has 0 fully saturated rings. The molecule has 104 valence electrons. The molecule has 19 heavy (non-hydrogen) atoms. The van der Waals surface area contributed by atoms with Gasteiger partial charge in [0.15, 0.2) is 0 Å². The van der Waals surface area contributed by atoms with Crippen molar-refractivity contribution in [3.05, 3.63) is 35.4 Å². The molecular weight excluding hydrogens is 268 g/mol. The van der Waals surface area contributed by atoms with Gasteiger partial charge in [0, 0.05) is 11.1 Å². The summed E-state index contributed by atoms with van der Waals surface area (Å²) in [7, 11) is -3.12. The quantitative estimate of drug-likeness (QED) is 0.752. The van der Waals surface area contributed by atoms with Gasteiger partial charge < -0.3 is 8.85 Å². The Kier molecular flexibility index (Phi) is 3.66. The van der Waals surface area contributed by atoms with E-state index in [0.29, 0.717) is 0 Å². The molecule has 0 heterocycles. The summed E-state index contributed by atoms with van der Waals surface area (Å²) in [6.07, 6.45) is 3.12. The van der Waals surface area contributed by atoms with Gasteiger partial charge in [-0.1, -0.05) is 12.1 Å². The standard InChI is InChI=1S/C15H24O2Si2/c1-18(2,3)16-14-9-7-8-12-13(14)10-11-15(12)17-19(4,5)6/h7-9,11H,10H2,1-6H3. The monoisotopic (exact) mass is 292 g/mol. The first-order chi connectivity index (χ1) is 8.66. The fourth-order valence-corrected chi connectivity index (χ4v) is 3.87. The highest BCUT2D eigenvalue weighted by atomic mass is 28.4. The lowest BCUT2D eigenvalue weighted by Crippen LogP contribution is -2.29. The first kappa shape index (κ1) is 14.4. The maximum Gasteiger partial charge on any atom is 0.242 e. The number of rotatable bonds is 4. The third-order valence-corrected chi connectivity index (χ3v) is 4.39. The van der Waals surface area contributed by atoms with E-state index in [0.717, 1.165) is 17.9 Å². The molecule has 0 aromatic heterocycles. The zero-order valence-corrected chi connectivity index (χ0v) is 14.8. The summed E-state index contributed by atoms with van der Waals surface area (Å²) in [5, 5.41) is 0. The number of fused-ring (bicyclic) bond motifs is 1. The fraction of sp³-hybridized carbons (Fsp3) is 0.467. The molecule has 0 amide bonds. The summed E-state index contributed by atoms with van der Waals surface area (Å²) >= 11 is 0. The lowest BCUT2D eigenvalue weighted by atomic mass is 10.1. The van der Waals surface area contributed by atoms with E-state index in [-0.39, 0.29) is 0 Å². The first-order valence-electron chi connectivity index (χ1n) is 6.86. The second-order valence-electron chi connectivity index (χ2n) is 6.98. The summed E-state index contributed by atoms with van der Waals surface area (Å²) in [5.41, 5.74) is 2.51. The zero-order valence-electron chi connectivity index (χ0n) is 12.8. The molecular formula is C15H24O2Si2. The fourth-order valence-electron chi connectivity index (χ4n) is 2.16. The molecule has 0 spiro atoms. The van der Waals surface area contributed by atoms with Crippen molar-refractivity contribution in [1.29, 1.82) is 0 Å². The van der Waals surface area contributed by atoms with Crippen LogP contribution in [0.15, 0.2) is 24.3 Å². The lowest BCUT2D eigenvalue weighted by molar-refractivity contribution is 0.514. The lowest BCUT2D eigenvalue weighted by Gasteiger charge is -2.23. The van der Waals surface area contributed by atoms with E-state index in [1.54, 1.807) is 0 Å². The Morgan fingerprint density at radius 1 is 0.895 bits per heavy atom. The predicted molar refractivity (Wildman–Crippen MR) is 86.5 cm³/mol. The van der Waals surface area contributed by atoms with E-state index in [2.05, 4.69) is 63.6 Å². The normalized spacial score (nSPS) is 14.9. The molecule has 1 aliphatic carbocycles. The molecule has 1 aromatic rings. The van der Waals surface area contributed by atoms with Crippen LogP contribution in [0.25, 0.3) is 5.76 Å². The third-order valence-electron chi connectivity index (χ3n) is 2.72. The van der Waals surface area contributed by atoms with Crippen LogP contribution in [-0.4, -0.2) is 16.6 Å². The molecule has 4 heteroatoms. The largest absolute Gasteiger partial charge is 0.544 e. The highest BCUT2D eigenvalue weighted by Crippen LogP contribution is 2.36. The Labute approximate surface area is 118 Å². The smallest absolute Gasteiger partial charge is 0.242 e. The van der Waals surface area contributed by atoms with Crippen LogP contribution in [0.4, 0.5) is 0 Å². The van der Waals surface area contributed by atoms with Crippen LogP contribution < -0.4 is 4.43 Å². The number of hydrogen-bond donors (Lipinski definition) is 0. The minimum atomic E-state index is -1.56. The number of benzene rings is 1. The second-order valence-corrected chi connectivity index (χ2v) is 15.8. The second kappa shape index (κ2) is 4.83. The first-order valence-corrected chi connectivity index (χ1v) is 13.7. The molecule has 0 saturated carbocycles. The van der Waals surface area contributed by atoms with Crippen LogP contribution in [0.2, 0.25) is 39.3 Å². The van der Waals surface area contributed by atoms with Crippen molar-refractivity contribution in [3.8, 4) is 5.75 Å². The van der Waals surface area contributed by atoms with Gasteiger partial charge in [0.05, 0.1) is 0 Å². The van der Waals surface area contributed by atoms with Crippen molar-refractivity contribution < 1.29 is 8.85 Å². The highest BCUT2D eigenvalue weighted by molar-refractivity contribution is 6.71. The Morgan fingerprint density at radius 2 is 1.53 bits per heavy atom. The van der Waals surface area contributed by atoms with Gasteiger partial charge in [-0.15, -0.1) is 0 Å². The molecule has 0 aliphatic heterocycles. The Morgan fingerprint density at radius 3 is 2.11 bits per heavy atom. The predicted octanol–water partition coefficient (Wildman–Crippen LogP) is 4.65. The van der Waals surface area contributed by atoms with Crippen LogP contribution in [0.5, 0.6) is 5.75 Å². The van der Waals surface area contributed by atoms with Gasteiger partial charge in [-0.2, -0.15) is 0 Å². The summed E-state index contributed by atoms with van der Waals surface area (Å²) < 4.78 is 12.4. The Hall–Kier alpha value is -1.01. The van der Waals surface area contributed by atoms with E-state index in [9.17, 15) is 0 Å². The van der Waals surface area contributed by atoms with Gasteiger partial charge in [0.25, 0.3) is 0 Å². The molecule has 2 rings (SSSR count). The van der Waals surface area contributed by atoms with Crippen LogP contribution >= 0.6 is 0 Å². The van der Waals surface area contributed by atoms with Crippen molar-refractivity contribution >= 4 is 22.4 Å². The van der Waals surface area contributed by atoms with Gasteiger partial charge >= 0.3 is 0 Å². The van der Waals surface area contributed by atoms with Crippen molar-refractivity contribution in [2.45, 2.75) is 45.7 Å². The van der Waals surface area contributed by atoms with Gasteiger partial charge in [0.2, 0.25) is 16.6 Å². The van der Waals surface area contributed by atoms with Crippen LogP contribution in [0.1, 0.15) is 11.1 Å². The van der Waals surface area contributed by atoms with E-state index in [1.807, 2.05) is 0 Å². The molecule has 2 nitrogen and oxygen atoms in total. The summed E-state index contributed by atoms with van der Waals surface area (Å²) in [6.45, 7) is 13.3. The van der Waals surface area contributed by atoms with Gasteiger partial charge in [-0.05, 0) is 57.8 Å².